The van der Waals surface area contributed by atoms with Crippen molar-refractivity contribution in [3.05, 3.63) is 0 Å². The topological polar surface area (TPSA) is 29.1 Å². The maximum Gasteiger partial charge on any atom is 0.220 e. The SMILES string of the molecule is CCCCCCCCCCCCCCCCCCCCCC(=O)NC(C)CCC. The lowest BCUT2D eigenvalue weighted by atomic mass is 10.0. The van der Waals surface area contributed by atoms with Gasteiger partial charge in [-0.25, -0.2) is 0 Å². The first-order chi connectivity index (χ1) is 14.2. The molecule has 2 heteroatoms. The predicted octanol–water partition coefficient (Wildman–Crippen LogP) is 9.11. The summed E-state index contributed by atoms with van der Waals surface area (Å²) < 4.78 is 0. The van der Waals surface area contributed by atoms with Crippen LogP contribution in [-0.2, 0) is 4.79 Å². The van der Waals surface area contributed by atoms with E-state index >= 15 is 0 Å². The Bertz CT molecular complexity index is 328. The molecule has 0 aliphatic carbocycles. The van der Waals surface area contributed by atoms with Gasteiger partial charge in [-0.3, -0.25) is 4.79 Å². The summed E-state index contributed by atoms with van der Waals surface area (Å²) in [5.41, 5.74) is 0. The Morgan fingerprint density at radius 1 is 0.552 bits per heavy atom. The molecule has 0 saturated carbocycles. The van der Waals surface area contributed by atoms with Crippen LogP contribution in [0.15, 0.2) is 0 Å². The first kappa shape index (κ1) is 28.5. The van der Waals surface area contributed by atoms with E-state index in [0.29, 0.717) is 12.5 Å². The molecule has 2 nitrogen and oxygen atoms in total. The number of hydrogen-bond acceptors (Lipinski definition) is 1. The van der Waals surface area contributed by atoms with Gasteiger partial charge in [-0.05, 0) is 19.8 Å². The van der Waals surface area contributed by atoms with Crippen molar-refractivity contribution >= 4 is 5.91 Å². The van der Waals surface area contributed by atoms with Crippen LogP contribution in [0.3, 0.4) is 0 Å². The van der Waals surface area contributed by atoms with E-state index in [1.54, 1.807) is 0 Å². The Kier molecular flexibility index (Phi) is 23.3. The van der Waals surface area contributed by atoms with Crippen molar-refractivity contribution in [3.8, 4) is 0 Å². The zero-order valence-corrected chi connectivity index (χ0v) is 20.5. The van der Waals surface area contributed by atoms with Gasteiger partial charge in [0.25, 0.3) is 0 Å². The molecule has 0 aromatic rings. The van der Waals surface area contributed by atoms with Crippen LogP contribution in [0.1, 0.15) is 162 Å². The fourth-order valence-corrected chi connectivity index (χ4v) is 4.22. The van der Waals surface area contributed by atoms with Crippen LogP contribution in [0.4, 0.5) is 0 Å². The minimum atomic E-state index is 0.248. The van der Waals surface area contributed by atoms with Gasteiger partial charge in [0.15, 0.2) is 0 Å². The summed E-state index contributed by atoms with van der Waals surface area (Å²) in [4.78, 5) is 11.8. The molecular weight excluding hydrogens is 354 g/mol. The van der Waals surface area contributed by atoms with E-state index in [1.807, 2.05) is 0 Å². The molecule has 1 unspecified atom stereocenters. The average Bonchev–Trinajstić information content (AvgIpc) is 2.70. The smallest absolute Gasteiger partial charge is 0.220 e. The number of amides is 1. The third kappa shape index (κ3) is 23.6. The summed E-state index contributed by atoms with van der Waals surface area (Å²) in [5.74, 6) is 0.248. The molecule has 0 saturated heterocycles. The van der Waals surface area contributed by atoms with Gasteiger partial charge in [0.05, 0.1) is 0 Å². The zero-order chi connectivity index (χ0) is 21.4. The molecule has 0 aliphatic rings. The highest BCUT2D eigenvalue weighted by Gasteiger charge is 2.05. The molecule has 1 atom stereocenters. The number of nitrogens with one attached hydrogen (secondary N) is 1. The van der Waals surface area contributed by atoms with Crippen LogP contribution in [0, 0.1) is 0 Å². The number of carbonyl (C=O) groups excluding carboxylic acids is 1. The highest BCUT2D eigenvalue weighted by atomic mass is 16.1. The summed E-state index contributed by atoms with van der Waals surface area (Å²) in [5, 5.41) is 3.10. The van der Waals surface area contributed by atoms with Crippen LogP contribution < -0.4 is 5.32 Å². The second-order valence-corrected chi connectivity index (χ2v) is 9.37. The Morgan fingerprint density at radius 2 is 0.897 bits per heavy atom. The molecule has 174 valence electrons. The summed E-state index contributed by atoms with van der Waals surface area (Å²) >= 11 is 0. The van der Waals surface area contributed by atoms with Crippen molar-refractivity contribution in [2.45, 2.75) is 168 Å². The van der Waals surface area contributed by atoms with Crippen LogP contribution >= 0.6 is 0 Å². The maximum absolute atomic E-state index is 11.8. The molecule has 29 heavy (non-hydrogen) atoms. The van der Waals surface area contributed by atoms with Gasteiger partial charge in [0, 0.05) is 12.5 Å². The van der Waals surface area contributed by atoms with Crippen LogP contribution in [-0.4, -0.2) is 11.9 Å². The van der Waals surface area contributed by atoms with Crippen molar-refractivity contribution in [1.82, 2.24) is 5.32 Å². The number of unbranched alkanes of at least 4 members (excludes halogenated alkanes) is 18. The molecule has 0 aliphatic heterocycles. The van der Waals surface area contributed by atoms with Crippen molar-refractivity contribution in [2.75, 3.05) is 0 Å². The molecule has 0 aromatic heterocycles. The molecule has 0 bridgehead atoms. The van der Waals surface area contributed by atoms with Gasteiger partial charge in [-0.2, -0.15) is 0 Å². The number of hydrogen-bond donors (Lipinski definition) is 1. The minimum Gasteiger partial charge on any atom is -0.354 e. The lowest BCUT2D eigenvalue weighted by molar-refractivity contribution is -0.121. The molecule has 0 radical (unpaired) electrons. The fourth-order valence-electron chi connectivity index (χ4n) is 4.22. The second kappa shape index (κ2) is 23.7. The van der Waals surface area contributed by atoms with Gasteiger partial charge in [-0.1, -0.05) is 136 Å². The highest BCUT2D eigenvalue weighted by molar-refractivity contribution is 5.76. The van der Waals surface area contributed by atoms with Gasteiger partial charge >= 0.3 is 0 Å². The van der Waals surface area contributed by atoms with Crippen molar-refractivity contribution in [3.63, 3.8) is 0 Å². The Morgan fingerprint density at radius 3 is 1.24 bits per heavy atom. The quantitative estimate of drug-likeness (QED) is 0.167. The van der Waals surface area contributed by atoms with E-state index in [-0.39, 0.29) is 5.91 Å². The predicted molar refractivity (Wildman–Crippen MR) is 131 cm³/mol. The lowest BCUT2D eigenvalue weighted by Gasteiger charge is -2.12. The van der Waals surface area contributed by atoms with Crippen molar-refractivity contribution < 1.29 is 4.79 Å². The highest BCUT2D eigenvalue weighted by Crippen LogP contribution is 2.14. The fraction of sp³-hybridized carbons (Fsp3) is 0.963. The zero-order valence-electron chi connectivity index (χ0n) is 20.5. The molecule has 0 rings (SSSR count). The van der Waals surface area contributed by atoms with Crippen LogP contribution in [0.5, 0.6) is 0 Å². The van der Waals surface area contributed by atoms with Crippen molar-refractivity contribution in [1.29, 1.82) is 0 Å². The number of rotatable bonds is 23. The van der Waals surface area contributed by atoms with Gasteiger partial charge in [-0.15, -0.1) is 0 Å². The van der Waals surface area contributed by atoms with E-state index in [1.165, 1.54) is 116 Å². The number of carbonyl (C=O) groups is 1. The van der Waals surface area contributed by atoms with E-state index in [2.05, 4.69) is 26.1 Å². The molecule has 0 spiro atoms. The molecule has 1 N–H and O–H groups in total. The molecule has 1 amide bonds. The van der Waals surface area contributed by atoms with Gasteiger partial charge < -0.3 is 5.32 Å². The largest absolute Gasteiger partial charge is 0.354 e. The maximum atomic E-state index is 11.8. The summed E-state index contributed by atoms with van der Waals surface area (Å²) in [7, 11) is 0. The second-order valence-electron chi connectivity index (χ2n) is 9.37. The van der Waals surface area contributed by atoms with Crippen LogP contribution in [0.2, 0.25) is 0 Å². The first-order valence-electron chi connectivity index (χ1n) is 13.5. The molecule has 0 fully saturated rings. The van der Waals surface area contributed by atoms with E-state index < -0.39 is 0 Å². The van der Waals surface area contributed by atoms with Crippen LogP contribution in [0.25, 0.3) is 0 Å². The molecule has 0 heterocycles. The normalized spacial score (nSPS) is 12.2. The minimum absolute atomic E-state index is 0.248. The molecular formula is C27H55NO. The third-order valence-corrected chi connectivity index (χ3v) is 6.14. The van der Waals surface area contributed by atoms with Gasteiger partial charge in [0.2, 0.25) is 5.91 Å². The van der Waals surface area contributed by atoms with E-state index in [0.717, 1.165) is 19.3 Å². The Hall–Kier alpha value is -0.530. The molecule has 0 aromatic carbocycles. The average molecular weight is 410 g/mol. The summed E-state index contributed by atoms with van der Waals surface area (Å²) in [6, 6.07) is 0.341. The summed E-state index contributed by atoms with van der Waals surface area (Å²) in [6.07, 6.45) is 29.4. The standard InChI is InChI=1S/C27H55NO/c1-4-6-7-8-9-10-11-12-13-14-15-16-17-18-19-20-21-22-23-25-27(29)28-26(3)24-5-2/h26H,4-25H2,1-3H3,(H,28,29). The first-order valence-corrected chi connectivity index (χ1v) is 13.5. The monoisotopic (exact) mass is 409 g/mol. The lowest BCUT2D eigenvalue weighted by Crippen LogP contribution is -2.32. The summed E-state index contributed by atoms with van der Waals surface area (Å²) in [6.45, 7) is 6.57. The Labute approximate surface area is 184 Å². The van der Waals surface area contributed by atoms with Gasteiger partial charge in [0.1, 0.15) is 0 Å². The van der Waals surface area contributed by atoms with E-state index in [9.17, 15) is 4.79 Å². The third-order valence-electron chi connectivity index (χ3n) is 6.14. The van der Waals surface area contributed by atoms with E-state index in [4.69, 9.17) is 0 Å². The Balaban J connectivity index is 3.12. The van der Waals surface area contributed by atoms with Crippen molar-refractivity contribution in [2.24, 2.45) is 0 Å².